The Kier molecular flexibility index (Phi) is 3.00. The summed E-state index contributed by atoms with van der Waals surface area (Å²) >= 11 is 0. The van der Waals surface area contributed by atoms with Gasteiger partial charge in [-0.15, -0.1) is 0 Å². The highest BCUT2D eigenvalue weighted by molar-refractivity contribution is 5.40. The molecular weight excluding hydrogens is 108 g/mol. The SMILES string of the molecule is C=C(C)C(=C)/C(C)=C\C. The van der Waals surface area contributed by atoms with Gasteiger partial charge in [-0.05, 0) is 31.9 Å². The fraction of sp³-hybridized carbons (Fsp3) is 0.333. The molecule has 0 aliphatic heterocycles. The van der Waals surface area contributed by atoms with Gasteiger partial charge in [-0.25, -0.2) is 0 Å². The van der Waals surface area contributed by atoms with Gasteiger partial charge in [0.2, 0.25) is 0 Å². The fourth-order valence-corrected chi connectivity index (χ4v) is 0.511. The minimum Gasteiger partial charge on any atom is -0.0955 e. The van der Waals surface area contributed by atoms with E-state index in [4.69, 9.17) is 0 Å². The van der Waals surface area contributed by atoms with E-state index in [0.717, 1.165) is 11.1 Å². The molecule has 0 fully saturated rings. The highest BCUT2D eigenvalue weighted by Crippen LogP contribution is 2.13. The third kappa shape index (κ3) is 2.31. The summed E-state index contributed by atoms with van der Waals surface area (Å²) in [5, 5.41) is 0. The molecule has 0 saturated carbocycles. The maximum absolute atomic E-state index is 3.86. The first-order valence-electron chi connectivity index (χ1n) is 3.07. The third-order valence-corrected chi connectivity index (χ3v) is 1.42. The van der Waals surface area contributed by atoms with Crippen LogP contribution in [0.5, 0.6) is 0 Å². The smallest absolute Gasteiger partial charge is 0.0279 e. The van der Waals surface area contributed by atoms with Crippen molar-refractivity contribution in [2.45, 2.75) is 20.8 Å². The molecule has 0 heteroatoms. The standard InChI is InChI=1S/C9H14/c1-6-8(4)9(5)7(2)3/h6H,2,5H2,1,3-4H3/b8-6-. The van der Waals surface area contributed by atoms with Crippen molar-refractivity contribution < 1.29 is 0 Å². The van der Waals surface area contributed by atoms with Crippen LogP contribution in [0.1, 0.15) is 20.8 Å². The summed E-state index contributed by atoms with van der Waals surface area (Å²) in [6, 6.07) is 0. The molecule has 0 radical (unpaired) electrons. The van der Waals surface area contributed by atoms with E-state index in [1.54, 1.807) is 0 Å². The van der Waals surface area contributed by atoms with Crippen LogP contribution >= 0.6 is 0 Å². The van der Waals surface area contributed by atoms with Crippen LogP contribution in [-0.2, 0) is 0 Å². The van der Waals surface area contributed by atoms with Crippen LogP contribution in [0.4, 0.5) is 0 Å². The first-order chi connectivity index (χ1) is 4.09. The minimum atomic E-state index is 1.05. The van der Waals surface area contributed by atoms with Gasteiger partial charge in [0.25, 0.3) is 0 Å². The summed E-state index contributed by atoms with van der Waals surface area (Å²) in [5.74, 6) is 0. The second-order valence-corrected chi connectivity index (χ2v) is 2.23. The quantitative estimate of drug-likeness (QED) is 0.494. The average molecular weight is 122 g/mol. The Morgan fingerprint density at radius 2 is 1.67 bits per heavy atom. The Morgan fingerprint density at radius 1 is 1.22 bits per heavy atom. The number of allylic oxidation sites excluding steroid dienone is 4. The third-order valence-electron chi connectivity index (χ3n) is 1.42. The summed E-state index contributed by atoms with van der Waals surface area (Å²) in [6.07, 6.45) is 2.04. The Morgan fingerprint density at radius 3 is 1.78 bits per heavy atom. The molecule has 0 aromatic carbocycles. The highest BCUT2D eigenvalue weighted by atomic mass is 14.0. The molecule has 0 aromatic heterocycles. The molecule has 50 valence electrons. The Bertz CT molecular complexity index is 159. The maximum Gasteiger partial charge on any atom is -0.0279 e. The largest absolute Gasteiger partial charge is 0.0955 e. The molecule has 9 heavy (non-hydrogen) atoms. The summed E-state index contributed by atoms with van der Waals surface area (Å²) < 4.78 is 0. The average Bonchev–Trinajstić information content (AvgIpc) is 1.84. The molecule has 0 aliphatic rings. The van der Waals surface area contributed by atoms with Gasteiger partial charge in [0.1, 0.15) is 0 Å². The Hall–Kier alpha value is -0.780. The van der Waals surface area contributed by atoms with Crippen LogP contribution in [0.25, 0.3) is 0 Å². The monoisotopic (exact) mass is 122 g/mol. The summed E-state index contributed by atoms with van der Waals surface area (Å²) in [5.41, 5.74) is 3.31. The zero-order valence-electron chi connectivity index (χ0n) is 6.49. The Labute approximate surface area is 57.6 Å². The molecular formula is C9H14. The second kappa shape index (κ2) is 3.29. The van der Waals surface area contributed by atoms with E-state index in [9.17, 15) is 0 Å². The molecule has 0 atom stereocenters. The van der Waals surface area contributed by atoms with Crippen LogP contribution in [0, 0.1) is 0 Å². The molecule has 0 aromatic rings. The molecule has 0 rings (SSSR count). The molecule has 0 spiro atoms. The van der Waals surface area contributed by atoms with Crippen molar-refractivity contribution in [2.24, 2.45) is 0 Å². The lowest BCUT2D eigenvalue weighted by Gasteiger charge is -2.02. The predicted molar refractivity (Wildman–Crippen MR) is 43.4 cm³/mol. The van der Waals surface area contributed by atoms with Crippen molar-refractivity contribution in [3.63, 3.8) is 0 Å². The van der Waals surface area contributed by atoms with Crippen LogP contribution in [0.15, 0.2) is 36.0 Å². The summed E-state index contributed by atoms with van der Waals surface area (Å²) in [4.78, 5) is 0. The van der Waals surface area contributed by atoms with E-state index < -0.39 is 0 Å². The number of rotatable bonds is 2. The van der Waals surface area contributed by atoms with Gasteiger partial charge in [0.05, 0.1) is 0 Å². The van der Waals surface area contributed by atoms with Gasteiger partial charge < -0.3 is 0 Å². The van der Waals surface area contributed by atoms with Gasteiger partial charge in [-0.1, -0.05) is 24.8 Å². The van der Waals surface area contributed by atoms with Crippen LogP contribution in [0.2, 0.25) is 0 Å². The van der Waals surface area contributed by atoms with E-state index >= 15 is 0 Å². The van der Waals surface area contributed by atoms with Crippen molar-refractivity contribution in [2.75, 3.05) is 0 Å². The maximum atomic E-state index is 3.86. The molecule has 0 N–H and O–H groups in total. The van der Waals surface area contributed by atoms with E-state index in [0.29, 0.717) is 0 Å². The van der Waals surface area contributed by atoms with E-state index in [2.05, 4.69) is 13.2 Å². The van der Waals surface area contributed by atoms with Crippen molar-refractivity contribution in [3.05, 3.63) is 36.0 Å². The van der Waals surface area contributed by atoms with Crippen molar-refractivity contribution in [1.82, 2.24) is 0 Å². The van der Waals surface area contributed by atoms with E-state index in [-0.39, 0.29) is 0 Å². The molecule has 0 saturated heterocycles. The molecule has 0 aliphatic carbocycles. The van der Waals surface area contributed by atoms with Gasteiger partial charge in [-0.2, -0.15) is 0 Å². The number of hydrogen-bond donors (Lipinski definition) is 0. The minimum absolute atomic E-state index is 1.05. The normalized spacial score (nSPS) is 11.2. The van der Waals surface area contributed by atoms with Crippen molar-refractivity contribution >= 4 is 0 Å². The molecule has 0 bridgehead atoms. The topological polar surface area (TPSA) is 0 Å². The van der Waals surface area contributed by atoms with Crippen molar-refractivity contribution in [3.8, 4) is 0 Å². The molecule has 0 nitrogen and oxygen atoms in total. The molecule has 0 heterocycles. The first-order valence-corrected chi connectivity index (χ1v) is 3.07. The summed E-state index contributed by atoms with van der Waals surface area (Å²) in [6.45, 7) is 13.7. The lowest BCUT2D eigenvalue weighted by molar-refractivity contribution is 1.33. The molecule has 0 amide bonds. The lowest BCUT2D eigenvalue weighted by Crippen LogP contribution is -1.82. The van der Waals surface area contributed by atoms with E-state index in [1.165, 1.54) is 5.57 Å². The van der Waals surface area contributed by atoms with Gasteiger partial charge in [-0.3, -0.25) is 0 Å². The number of hydrogen-bond acceptors (Lipinski definition) is 0. The first kappa shape index (κ1) is 8.22. The van der Waals surface area contributed by atoms with Gasteiger partial charge in [0, 0.05) is 0 Å². The van der Waals surface area contributed by atoms with Crippen LogP contribution in [0.3, 0.4) is 0 Å². The Balaban J connectivity index is 4.23. The van der Waals surface area contributed by atoms with Crippen molar-refractivity contribution in [1.29, 1.82) is 0 Å². The lowest BCUT2D eigenvalue weighted by atomic mass is 10.0. The summed E-state index contributed by atoms with van der Waals surface area (Å²) in [7, 11) is 0. The molecule has 0 unspecified atom stereocenters. The predicted octanol–water partition coefficient (Wildman–Crippen LogP) is 3.08. The van der Waals surface area contributed by atoms with Crippen LogP contribution in [-0.4, -0.2) is 0 Å². The van der Waals surface area contributed by atoms with Gasteiger partial charge in [0.15, 0.2) is 0 Å². The fourth-order valence-electron chi connectivity index (χ4n) is 0.511. The zero-order chi connectivity index (χ0) is 7.44. The second-order valence-electron chi connectivity index (χ2n) is 2.23. The zero-order valence-corrected chi connectivity index (χ0v) is 6.49. The van der Waals surface area contributed by atoms with Gasteiger partial charge >= 0.3 is 0 Å². The highest BCUT2D eigenvalue weighted by Gasteiger charge is 1.93. The van der Waals surface area contributed by atoms with E-state index in [1.807, 2.05) is 26.8 Å². The van der Waals surface area contributed by atoms with Crippen LogP contribution < -0.4 is 0 Å².